The van der Waals surface area contributed by atoms with Crippen molar-refractivity contribution in [2.24, 2.45) is 5.73 Å². The molecule has 2 atom stereocenters. The largest absolute Gasteiger partial charge is 0.368 e. The Labute approximate surface area is 169 Å². The Balaban J connectivity index is 1.33. The van der Waals surface area contributed by atoms with Crippen molar-refractivity contribution < 1.29 is 4.79 Å². The average Bonchev–Trinajstić information content (AvgIpc) is 2.74. The van der Waals surface area contributed by atoms with Crippen LogP contribution in [0.2, 0.25) is 0 Å². The third kappa shape index (κ3) is 4.48. The highest BCUT2D eigenvalue weighted by Gasteiger charge is 2.29. The quantitative estimate of drug-likeness (QED) is 0.508. The van der Waals surface area contributed by atoms with E-state index < -0.39 is 0 Å². The van der Waals surface area contributed by atoms with Crippen LogP contribution in [0.25, 0.3) is 11.0 Å². The van der Waals surface area contributed by atoms with Gasteiger partial charge in [-0.05, 0) is 24.1 Å². The predicted molar refractivity (Wildman–Crippen MR) is 111 cm³/mol. The molecule has 0 bridgehead atoms. The molecule has 0 aromatic carbocycles. The number of nitrogens with one attached hydrogen (secondary N) is 3. The number of H-pyrrole nitrogens is 1. The van der Waals surface area contributed by atoms with E-state index in [2.05, 4.69) is 30.4 Å². The van der Waals surface area contributed by atoms with E-state index in [0.717, 1.165) is 61.4 Å². The molecule has 2 aromatic heterocycles. The standard InChI is InChI=1S/C20H29N7O2/c1-2-14-8-15-16(25-20(14)29)7-13(9-22-15)12-26-3-5-27(6-4-26)18-11-23-17(10-24-18)19(21)28/h7-9,17-18,23-24H,2-6,10-12H2,1H3,(H2,21,28)(H,25,29). The summed E-state index contributed by atoms with van der Waals surface area (Å²) in [4.78, 5) is 35.6. The van der Waals surface area contributed by atoms with Crippen molar-refractivity contribution in [2.45, 2.75) is 32.1 Å². The van der Waals surface area contributed by atoms with Crippen LogP contribution in [0.1, 0.15) is 18.1 Å². The fourth-order valence-electron chi connectivity index (χ4n) is 4.12. The molecule has 4 heterocycles. The van der Waals surface area contributed by atoms with Crippen LogP contribution in [-0.4, -0.2) is 77.2 Å². The Bertz CT molecular complexity index is 928. The van der Waals surface area contributed by atoms with E-state index in [4.69, 9.17) is 5.73 Å². The van der Waals surface area contributed by atoms with Crippen molar-refractivity contribution in [1.29, 1.82) is 0 Å². The molecule has 5 N–H and O–H groups in total. The second-order valence-electron chi connectivity index (χ2n) is 7.85. The highest BCUT2D eigenvalue weighted by atomic mass is 16.1. The van der Waals surface area contributed by atoms with Gasteiger partial charge in [-0.15, -0.1) is 0 Å². The zero-order valence-corrected chi connectivity index (χ0v) is 16.8. The van der Waals surface area contributed by atoms with Crippen molar-refractivity contribution in [1.82, 2.24) is 30.4 Å². The molecule has 0 spiro atoms. The van der Waals surface area contributed by atoms with Crippen LogP contribution in [0.15, 0.2) is 23.1 Å². The third-order valence-corrected chi connectivity index (χ3v) is 5.92. The number of hydrogen-bond acceptors (Lipinski definition) is 7. The lowest BCUT2D eigenvalue weighted by Crippen LogP contribution is -2.65. The molecule has 4 rings (SSSR count). The number of carbonyl (C=O) groups is 1. The summed E-state index contributed by atoms with van der Waals surface area (Å²) in [6.07, 6.45) is 2.84. The highest BCUT2D eigenvalue weighted by Crippen LogP contribution is 2.14. The van der Waals surface area contributed by atoms with Crippen molar-refractivity contribution >= 4 is 16.9 Å². The second kappa shape index (κ2) is 8.58. The second-order valence-corrected chi connectivity index (χ2v) is 7.85. The monoisotopic (exact) mass is 399 g/mol. The van der Waals surface area contributed by atoms with Crippen molar-refractivity contribution in [3.63, 3.8) is 0 Å². The molecular formula is C20H29N7O2. The van der Waals surface area contributed by atoms with Gasteiger partial charge in [-0.25, -0.2) is 0 Å². The Kier molecular flexibility index (Phi) is 5.91. The molecule has 2 aromatic rings. The average molecular weight is 399 g/mol. The maximum Gasteiger partial charge on any atom is 0.251 e. The highest BCUT2D eigenvalue weighted by molar-refractivity contribution is 5.80. The van der Waals surface area contributed by atoms with Crippen molar-refractivity contribution in [3.05, 3.63) is 39.8 Å². The minimum absolute atomic E-state index is 0.0280. The van der Waals surface area contributed by atoms with Crippen LogP contribution < -0.4 is 21.9 Å². The summed E-state index contributed by atoms with van der Waals surface area (Å²) in [5, 5.41) is 6.64. The molecule has 9 heteroatoms. The minimum Gasteiger partial charge on any atom is -0.368 e. The van der Waals surface area contributed by atoms with Crippen LogP contribution in [-0.2, 0) is 17.8 Å². The molecule has 2 aliphatic rings. The van der Waals surface area contributed by atoms with E-state index in [1.807, 2.05) is 25.3 Å². The zero-order valence-electron chi connectivity index (χ0n) is 16.8. The summed E-state index contributed by atoms with van der Waals surface area (Å²) in [6, 6.07) is 3.63. The van der Waals surface area contributed by atoms with Gasteiger partial charge >= 0.3 is 0 Å². The lowest BCUT2D eigenvalue weighted by molar-refractivity contribution is -0.120. The van der Waals surface area contributed by atoms with Gasteiger partial charge in [0.2, 0.25) is 5.91 Å². The first-order chi connectivity index (χ1) is 14.0. The SMILES string of the molecule is CCc1cc2ncc(CN3CCN(C4CNC(C(N)=O)CN4)CC3)cc2[nH]c1=O. The number of aromatic amines is 1. The summed E-state index contributed by atoms with van der Waals surface area (Å²) >= 11 is 0. The summed E-state index contributed by atoms with van der Waals surface area (Å²) in [5.41, 5.74) is 8.82. The molecule has 2 aliphatic heterocycles. The molecular weight excluding hydrogens is 370 g/mol. The predicted octanol–water partition coefficient (Wildman–Crippen LogP) is -1.02. The minimum atomic E-state index is -0.308. The maximum atomic E-state index is 12.1. The van der Waals surface area contributed by atoms with Gasteiger partial charge in [-0.1, -0.05) is 6.92 Å². The van der Waals surface area contributed by atoms with E-state index in [-0.39, 0.29) is 23.7 Å². The molecule has 0 saturated carbocycles. The number of rotatable bonds is 5. The summed E-state index contributed by atoms with van der Waals surface area (Å²) < 4.78 is 0. The number of amides is 1. The van der Waals surface area contributed by atoms with Crippen LogP contribution in [0.4, 0.5) is 0 Å². The third-order valence-electron chi connectivity index (χ3n) is 5.92. The van der Waals surface area contributed by atoms with Gasteiger partial charge < -0.3 is 16.0 Å². The fourth-order valence-corrected chi connectivity index (χ4v) is 4.12. The van der Waals surface area contributed by atoms with Crippen LogP contribution in [0, 0.1) is 0 Å². The first-order valence-electron chi connectivity index (χ1n) is 10.3. The van der Waals surface area contributed by atoms with Gasteiger partial charge in [-0.2, -0.15) is 0 Å². The van der Waals surface area contributed by atoms with Crippen molar-refractivity contribution in [2.75, 3.05) is 39.3 Å². The number of nitrogens with zero attached hydrogens (tertiary/aromatic N) is 3. The number of primary amides is 1. The Morgan fingerprint density at radius 3 is 2.66 bits per heavy atom. The number of aryl methyl sites for hydroxylation is 1. The van der Waals surface area contributed by atoms with Crippen LogP contribution in [0.3, 0.4) is 0 Å². The summed E-state index contributed by atoms with van der Waals surface area (Å²) in [6.45, 7) is 7.90. The van der Waals surface area contributed by atoms with Gasteiger partial charge in [0.1, 0.15) is 0 Å². The molecule has 9 nitrogen and oxygen atoms in total. The van der Waals surface area contributed by atoms with Gasteiger partial charge in [0.25, 0.3) is 5.56 Å². The number of pyridine rings is 2. The van der Waals surface area contributed by atoms with E-state index >= 15 is 0 Å². The molecule has 2 saturated heterocycles. The maximum absolute atomic E-state index is 12.1. The van der Waals surface area contributed by atoms with Crippen molar-refractivity contribution in [3.8, 4) is 0 Å². The number of nitrogens with two attached hydrogens (primary N) is 1. The number of carbonyl (C=O) groups excluding carboxylic acids is 1. The van der Waals surface area contributed by atoms with E-state index in [1.165, 1.54) is 0 Å². The normalized spacial score (nSPS) is 24.0. The smallest absolute Gasteiger partial charge is 0.251 e. The van der Waals surface area contributed by atoms with E-state index in [9.17, 15) is 9.59 Å². The number of fused-ring (bicyclic) bond motifs is 1. The van der Waals surface area contributed by atoms with Gasteiger partial charge in [-0.3, -0.25) is 29.7 Å². The van der Waals surface area contributed by atoms with E-state index in [1.54, 1.807) is 0 Å². The van der Waals surface area contributed by atoms with Gasteiger partial charge in [0.05, 0.1) is 23.2 Å². The topological polar surface area (TPSA) is 119 Å². The number of piperazine rings is 2. The van der Waals surface area contributed by atoms with Gasteiger partial charge in [0, 0.05) is 57.6 Å². The zero-order chi connectivity index (χ0) is 20.4. The Morgan fingerprint density at radius 2 is 2.00 bits per heavy atom. The molecule has 0 radical (unpaired) electrons. The Morgan fingerprint density at radius 1 is 1.21 bits per heavy atom. The molecule has 0 aliphatic carbocycles. The number of aromatic nitrogens is 2. The molecule has 29 heavy (non-hydrogen) atoms. The summed E-state index contributed by atoms with van der Waals surface area (Å²) in [7, 11) is 0. The molecule has 2 unspecified atom stereocenters. The lowest BCUT2D eigenvalue weighted by atomic mass is 10.1. The van der Waals surface area contributed by atoms with E-state index in [0.29, 0.717) is 13.0 Å². The van der Waals surface area contributed by atoms with Crippen LogP contribution in [0.5, 0.6) is 0 Å². The van der Waals surface area contributed by atoms with Crippen LogP contribution >= 0.6 is 0 Å². The molecule has 156 valence electrons. The van der Waals surface area contributed by atoms with Gasteiger partial charge in [0.15, 0.2) is 0 Å². The first kappa shape index (κ1) is 20.0. The fraction of sp³-hybridized carbons (Fsp3) is 0.550. The Hall–Kier alpha value is -2.33. The number of hydrogen-bond donors (Lipinski definition) is 4. The molecule has 1 amide bonds. The lowest BCUT2D eigenvalue weighted by Gasteiger charge is -2.42. The summed E-state index contributed by atoms with van der Waals surface area (Å²) in [5.74, 6) is -0.308. The first-order valence-corrected chi connectivity index (χ1v) is 10.3. The molecule has 2 fully saturated rings.